The van der Waals surface area contributed by atoms with Gasteiger partial charge in [-0.3, -0.25) is 0 Å². The van der Waals surface area contributed by atoms with Crippen LogP contribution in [-0.4, -0.2) is 0 Å². The lowest BCUT2D eigenvalue weighted by molar-refractivity contribution is 0.289. The maximum Gasteiger partial charge on any atom is -0.0233 e. The van der Waals surface area contributed by atoms with Gasteiger partial charge in [0.05, 0.1) is 0 Å². The summed E-state index contributed by atoms with van der Waals surface area (Å²) in [7, 11) is 0. The van der Waals surface area contributed by atoms with Crippen LogP contribution < -0.4 is 0 Å². The van der Waals surface area contributed by atoms with E-state index in [9.17, 15) is 0 Å². The van der Waals surface area contributed by atoms with Crippen LogP contribution in [-0.2, 0) is 6.42 Å². The second-order valence-electron chi connectivity index (χ2n) is 9.17. The van der Waals surface area contributed by atoms with Crippen molar-refractivity contribution in [2.45, 2.75) is 87.5 Å². The van der Waals surface area contributed by atoms with Gasteiger partial charge in [0.1, 0.15) is 0 Å². The lowest BCUT2D eigenvalue weighted by atomic mass is 9.80. The van der Waals surface area contributed by atoms with Crippen LogP contribution >= 0.6 is 0 Å². The molecule has 2 aromatic rings. The molecule has 0 aliphatic heterocycles. The molecule has 1 saturated carbocycles. The zero-order chi connectivity index (χ0) is 23.8. The maximum atomic E-state index is 3.98. The summed E-state index contributed by atoms with van der Waals surface area (Å²) >= 11 is 0. The average molecular weight is 421 g/mol. The third-order valence-electron chi connectivity index (χ3n) is 5.32. The molecule has 0 nitrogen and oxygen atoms in total. The minimum absolute atomic E-state index is 0.918. The highest BCUT2D eigenvalue weighted by Crippen LogP contribution is 2.30. The van der Waals surface area contributed by atoms with Gasteiger partial charge >= 0.3 is 0 Å². The second-order valence-corrected chi connectivity index (χ2v) is 9.17. The summed E-state index contributed by atoms with van der Waals surface area (Å²) in [5.41, 5.74) is 7.75. The van der Waals surface area contributed by atoms with Crippen LogP contribution in [0.15, 0.2) is 67.3 Å². The van der Waals surface area contributed by atoms with Gasteiger partial charge in [-0.05, 0) is 76.8 Å². The molecule has 3 rings (SSSR count). The Morgan fingerprint density at radius 2 is 1.13 bits per heavy atom. The number of hydrogen-bond donors (Lipinski definition) is 0. The molecule has 0 N–H and O–H groups in total. The molecule has 1 aliphatic rings. The topological polar surface area (TPSA) is 0 Å². The molecule has 31 heavy (non-hydrogen) atoms. The number of aryl methyl sites for hydroxylation is 2. The first-order valence-electron chi connectivity index (χ1n) is 12.1. The predicted octanol–water partition coefficient (Wildman–Crippen LogP) is 10.0. The Morgan fingerprint density at radius 1 is 0.742 bits per heavy atom. The highest BCUT2D eigenvalue weighted by molar-refractivity contribution is 5.61. The molecule has 0 unspecified atom stereocenters. The zero-order valence-corrected chi connectivity index (χ0v) is 21.7. The Kier molecular flexibility index (Phi) is 15.5. The fourth-order valence-electron chi connectivity index (χ4n) is 3.43. The summed E-state index contributed by atoms with van der Waals surface area (Å²) in [6, 6.07) is 17.5. The molecule has 0 radical (unpaired) electrons. The molecule has 0 spiro atoms. The van der Waals surface area contributed by atoms with Gasteiger partial charge in [0.2, 0.25) is 0 Å². The molecule has 1 aliphatic carbocycles. The molecule has 0 atom stereocenters. The fourth-order valence-corrected chi connectivity index (χ4v) is 3.43. The van der Waals surface area contributed by atoms with Gasteiger partial charge in [0, 0.05) is 0 Å². The van der Waals surface area contributed by atoms with E-state index in [2.05, 4.69) is 89.4 Å². The predicted molar refractivity (Wildman–Crippen MR) is 144 cm³/mol. The number of rotatable bonds is 3. The van der Waals surface area contributed by atoms with Gasteiger partial charge in [0.15, 0.2) is 0 Å². The van der Waals surface area contributed by atoms with Crippen molar-refractivity contribution in [3.63, 3.8) is 0 Å². The lowest BCUT2D eigenvalue weighted by Crippen LogP contribution is -2.14. The van der Waals surface area contributed by atoms with E-state index in [1.54, 1.807) is 0 Å². The molecule has 0 bridgehead atoms. The number of benzene rings is 2. The van der Waals surface area contributed by atoms with Gasteiger partial charge in [-0.1, -0.05) is 111 Å². The monoisotopic (exact) mass is 420 g/mol. The van der Waals surface area contributed by atoms with E-state index in [1.165, 1.54) is 59.9 Å². The highest BCUT2D eigenvalue weighted by atomic mass is 14.2. The van der Waals surface area contributed by atoms with Crippen LogP contribution in [0.2, 0.25) is 0 Å². The lowest BCUT2D eigenvalue weighted by Gasteiger charge is -2.26. The van der Waals surface area contributed by atoms with Crippen molar-refractivity contribution in [3.05, 3.63) is 89.5 Å². The van der Waals surface area contributed by atoms with Crippen LogP contribution in [0.5, 0.6) is 0 Å². The third kappa shape index (κ3) is 14.5. The first-order valence-corrected chi connectivity index (χ1v) is 12.1. The summed E-state index contributed by atoms with van der Waals surface area (Å²) in [4.78, 5) is 0. The van der Waals surface area contributed by atoms with Gasteiger partial charge < -0.3 is 0 Å². The summed E-state index contributed by atoms with van der Waals surface area (Å²) in [5, 5.41) is 0. The molecule has 0 aromatic heterocycles. The SMILES string of the molecule is C=C(C)C.C=C(C)c1ccc(CC2CCC(C)CC2)cc1.CC.Cc1ccc(C)cc1. The minimum atomic E-state index is 0.918. The molecule has 2 aromatic carbocycles. The molecular formula is C31H48. The standard InChI is InChI=1S/C17H24.C8H10.C4H8.C2H6/c1-13(2)17-10-8-16(9-11-17)12-15-6-4-14(3)5-7-15;1-7-3-5-8(2)6-4-7;1-4(2)3;1-2/h8-11,14-15H,1,4-7,12H2,2-3H3;3-6H,1-2H3;1H2,2-3H3;1-2H3. The molecule has 0 saturated heterocycles. The summed E-state index contributed by atoms with van der Waals surface area (Å²) in [5.74, 6) is 1.87. The summed E-state index contributed by atoms with van der Waals surface area (Å²) < 4.78 is 0. The average Bonchev–Trinajstić information content (AvgIpc) is 2.74. The second kappa shape index (κ2) is 16.6. The van der Waals surface area contributed by atoms with E-state index in [0.717, 1.165) is 17.4 Å². The Bertz CT molecular complexity index is 698. The van der Waals surface area contributed by atoms with Crippen LogP contribution in [0.4, 0.5) is 0 Å². The molecule has 172 valence electrons. The largest absolute Gasteiger partial charge is 0.100 e. The first kappa shape index (κ1) is 28.9. The quantitative estimate of drug-likeness (QED) is 0.433. The summed E-state index contributed by atoms with van der Waals surface area (Å²) in [6.07, 6.45) is 6.96. The van der Waals surface area contributed by atoms with E-state index < -0.39 is 0 Å². The molecule has 0 amide bonds. The van der Waals surface area contributed by atoms with Crippen LogP contribution in [0.1, 0.15) is 89.5 Å². The molecule has 0 heteroatoms. The normalized spacial score (nSPS) is 16.9. The van der Waals surface area contributed by atoms with Crippen molar-refractivity contribution >= 4 is 5.57 Å². The van der Waals surface area contributed by atoms with Gasteiger partial charge in [-0.15, -0.1) is 6.58 Å². The van der Waals surface area contributed by atoms with Crippen LogP contribution in [0.3, 0.4) is 0 Å². The Balaban J connectivity index is 0.000000534. The van der Waals surface area contributed by atoms with Crippen LogP contribution in [0, 0.1) is 25.7 Å². The number of hydrogen-bond acceptors (Lipinski definition) is 0. The van der Waals surface area contributed by atoms with Gasteiger partial charge in [-0.25, -0.2) is 0 Å². The van der Waals surface area contributed by atoms with Crippen molar-refractivity contribution < 1.29 is 0 Å². The number of allylic oxidation sites excluding steroid dienone is 2. The minimum Gasteiger partial charge on any atom is -0.100 e. The highest BCUT2D eigenvalue weighted by Gasteiger charge is 2.18. The van der Waals surface area contributed by atoms with E-state index in [1.807, 2.05) is 27.7 Å². The van der Waals surface area contributed by atoms with E-state index in [-0.39, 0.29) is 0 Å². The van der Waals surface area contributed by atoms with E-state index >= 15 is 0 Å². The van der Waals surface area contributed by atoms with E-state index in [4.69, 9.17) is 0 Å². The van der Waals surface area contributed by atoms with Gasteiger partial charge in [-0.2, -0.15) is 0 Å². The zero-order valence-electron chi connectivity index (χ0n) is 21.7. The van der Waals surface area contributed by atoms with Crippen molar-refractivity contribution in [2.75, 3.05) is 0 Å². The van der Waals surface area contributed by atoms with Gasteiger partial charge in [0.25, 0.3) is 0 Å². The van der Waals surface area contributed by atoms with Crippen molar-refractivity contribution in [1.29, 1.82) is 0 Å². The first-order chi connectivity index (χ1) is 14.7. The molecular weight excluding hydrogens is 372 g/mol. The Labute approximate surface area is 194 Å². The third-order valence-corrected chi connectivity index (χ3v) is 5.32. The van der Waals surface area contributed by atoms with Crippen molar-refractivity contribution in [3.8, 4) is 0 Å². The Morgan fingerprint density at radius 3 is 1.48 bits per heavy atom. The Hall–Kier alpha value is -2.08. The van der Waals surface area contributed by atoms with Crippen molar-refractivity contribution in [1.82, 2.24) is 0 Å². The molecule has 1 fully saturated rings. The van der Waals surface area contributed by atoms with E-state index in [0.29, 0.717) is 0 Å². The molecule has 0 heterocycles. The van der Waals surface area contributed by atoms with Crippen molar-refractivity contribution in [2.24, 2.45) is 11.8 Å². The summed E-state index contributed by atoms with van der Waals surface area (Å²) in [6.45, 7) is 24.1. The van der Waals surface area contributed by atoms with Crippen LogP contribution in [0.25, 0.3) is 5.57 Å². The smallest absolute Gasteiger partial charge is 0.0233 e. The maximum absolute atomic E-state index is 3.98. The fraction of sp³-hybridized carbons (Fsp3) is 0.484.